The number of benzene rings is 4. The molecule has 3 aliphatic rings. The SMILES string of the molecule is CN(Cc1ccccc1)C(=O)c1ccc([C@@H]2C[C@H]2N)cc1.CN(Cc1ccccc1)C(=O)c1ccc([C@@H]2C[C@H]2NCC2CC2)cc1. The Morgan fingerprint density at radius 3 is 1.50 bits per heavy atom. The number of hydrogen-bond acceptors (Lipinski definition) is 4. The Hall–Kier alpha value is -4.26. The molecule has 238 valence electrons. The first kappa shape index (κ1) is 31.7. The van der Waals surface area contributed by atoms with Crippen LogP contribution >= 0.6 is 0 Å². The summed E-state index contributed by atoms with van der Waals surface area (Å²) in [5.74, 6) is 2.17. The molecule has 4 aromatic carbocycles. The van der Waals surface area contributed by atoms with Crippen molar-refractivity contribution in [3.05, 3.63) is 143 Å². The van der Waals surface area contributed by atoms with E-state index in [0.29, 0.717) is 37.0 Å². The van der Waals surface area contributed by atoms with E-state index in [0.717, 1.165) is 34.6 Å². The maximum atomic E-state index is 12.6. The predicted molar refractivity (Wildman–Crippen MR) is 185 cm³/mol. The summed E-state index contributed by atoms with van der Waals surface area (Å²) in [5, 5.41) is 3.67. The quantitative estimate of drug-likeness (QED) is 0.200. The normalized spacial score (nSPS) is 21.0. The highest BCUT2D eigenvalue weighted by Crippen LogP contribution is 2.42. The molecule has 3 aliphatic carbocycles. The van der Waals surface area contributed by atoms with E-state index in [1.807, 2.05) is 99.0 Å². The fourth-order valence-electron chi connectivity index (χ4n) is 6.07. The molecular weight excluding hydrogens is 568 g/mol. The Balaban J connectivity index is 0.000000164. The average molecular weight is 615 g/mol. The molecule has 4 atom stereocenters. The predicted octanol–water partition coefficient (Wildman–Crippen LogP) is 6.59. The molecule has 0 unspecified atom stereocenters. The van der Waals surface area contributed by atoms with Crippen LogP contribution in [0.1, 0.15) is 80.5 Å². The van der Waals surface area contributed by atoms with Crippen molar-refractivity contribution >= 4 is 11.8 Å². The second-order valence-electron chi connectivity index (χ2n) is 13.3. The van der Waals surface area contributed by atoms with E-state index in [2.05, 4.69) is 29.6 Å². The second kappa shape index (κ2) is 14.4. The lowest BCUT2D eigenvalue weighted by molar-refractivity contribution is 0.0778. The topological polar surface area (TPSA) is 78.7 Å². The molecule has 6 heteroatoms. The fraction of sp³-hybridized carbons (Fsp3) is 0.350. The molecule has 0 bridgehead atoms. The van der Waals surface area contributed by atoms with E-state index in [-0.39, 0.29) is 11.8 Å². The van der Waals surface area contributed by atoms with Gasteiger partial charge in [-0.2, -0.15) is 0 Å². The first-order chi connectivity index (χ1) is 22.4. The summed E-state index contributed by atoms with van der Waals surface area (Å²) in [6.45, 7) is 2.44. The fourth-order valence-corrected chi connectivity index (χ4v) is 6.07. The molecule has 0 radical (unpaired) electrons. The van der Waals surface area contributed by atoms with Gasteiger partial charge in [-0.3, -0.25) is 9.59 Å². The summed E-state index contributed by atoms with van der Waals surface area (Å²) in [5.41, 5.74) is 12.2. The van der Waals surface area contributed by atoms with Crippen LogP contribution in [0.5, 0.6) is 0 Å². The van der Waals surface area contributed by atoms with Gasteiger partial charge >= 0.3 is 0 Å². The number of hydrogen-bond donors (Lipinski definition) is 2. The highest BCUT2D eigenvalue weighted by atomic mass is 16.2. The van der Waals surface area contributed by atoms with Crippen molar-refractivity contribution in [1.82, 2.24) is 15.1 Å². The number of amides is 2. The van der Waals surface area contributed by atoms with E-state index in [1.165, 1.54) is 36.9 Å². The summed E-state index contributed by atoms with van der Waals surface area (Å²) in [6, 6.07) is 37.2. The number of nitrogens with zero attached hydrogens (tertiary/aromatic N) is 2. The van der Waals surface area contributed by atoms with Gasteiger partial charge in [0.25, 0.3) is 11.8 Å². The van der Waals surface area contributed by atoms with Gasteiger partial charge in [0.2, 0.25) is 0 Å². The summed E-state index contributed by atoms with van der Waals surface area (Å²) >= 11 is 0. The minimum atomic E-state index is 0.0468. The van der Waals surface area contributed by atoms with Crippen LogP contribution in [-0.2, 0) is 13.1 Å². The van der Waals surface area contributed by atoms with Crippen LogP contribution in [0.4, 0.5) is 0 Å². The Labute approximate surface area is 273 Å². The molecule has 6 nitrogen and oxygen atoms in total. The molecule has 0 aromatic heterocycles. The minimum Gasteiger partial charge on any atom is -0.337 e. The summed E-state index contributed by atoms with van der Waals surface area (Å²) in [7, 11) is 3.70. The lowest BCUT2D eigenvalue weighted by Gasteiger charge is -2.17. The van der Waals surface area contributed by atoms with Gasteiger partial charge in [0, 0.05) is 62.2 Å². The van der Waals surface area contributed by atoms with Crippen LogP contribution in [0.2, 0.25) is 0 Å². The van der Waals surface area contributed by atoms with E-state index >= 15 is 0 Å². The molecular formula is C40H46N4O2. The van der Waals surface area contributed by atoms with Gasteiger partial charge in [0.1, 0.15) is 0 Å². The lowest BCUT2D eigenvalue weighted by Crippen LogP contribution is -2.26. The van der Waals surface area contributed by atoms with Gasteiger partial charge in [-0.1, -0.05) is 84.9 Å². The molecule has 3 N–H and O–H groups in total. The molecule has 0 aliphatic heterocycles. The maximum Gasteiger partial charge on any atom is 0.253 e. The molecule has 0 saturated heterocycles. The zero-order valence-electron chi connectivity index (χ0n) is 27.0. The molecule has 3 fully saturated rings. The standard InChI is InChI=1S/C22H26N2O.C18H20N2O/c1-24(15-17-5-3-2-4-6-17)22(25)19-11-9-18(10-12-19)20-13-21(20)23-14-16-7-8-16;1-20(12-13-5-3-2-4-6-13)18(21)15-9-7-14(8-10-15)16-11-17(16)19/h2-6,9-12,16,20-21,23H,7-8,13-15H2,1H3;2-10,16-17H,11-12,19H2,1H3/t20-,21+;16-,17+/m00/s1. The van der Waals surface area contributed by atoms with E-state index < -0.39 is 0 Å². The molecule has 7 rings (SSSR count). The summed E-state index contributed by atoms with van der Waals surface area (Å²) < 4.78 is 0. The van der Waals surface area contributed by atoms with Crippen molar-refractivity contribution in [2.45, 2.75) is 62.7 Å². The van der Waals surface area contributed by atoms with Gasteiger partial charge in [0.05, 0.1) is 0 Å². The Bertz CT molecular complexity index is 1590. The zero-order chi connectivity index (χ0) is 32.0. The molecule has 2 amide bonds. The van der Waals surface area contributed by atoms with Crippen LogP contribution in [-0.4, -0.2) is 54.3 Å². The molecule has 46 heavy (non-hydrogen) atoms. The van der Waals surface area contributed by atoms with Crippen LogP contribution in [0, 0.1) is 5.92 Å². The largest absolute Gasteiger partial charge is 0.337 e. The third kappa shape index (κ3) is 8.51. The van der Waals surface area contributed by atoms with Gasteiger partial charge in [-0.25, -0.2) is 0 Å². The van der Waals surface area contributed by atoms with Crippen molar-refractivity contribution in [2.75, 3.05) is 20.6 Å². The van der Waals surface area contributed by atoms with E-state index in [4.69, 9.17) is 5.73 Å². The van der Waals surface area contributed by atoms with Gasteiger partial charge < -0.3 is 20.9 Å². The minimum absolute atomic E-state index is 0.0468. The molecule has 4 aromatic rings. The Morgan fingerprint density at radius 2 is 1.09 bits per heavy atom. The Morgan fingerprint density at radius 1 is 0.652 bits per heavy atom. The molecule has 3 saturated carbocycles. The molecule has 0 spiro atoms. The summed E-state index contributed by atoms with van der Waals surface area (Å²) in [6.07, 6.45) is 5.09. The first-order valence-corrected chi connectivity index (χ1v) is 16.6. The van der Waals surface area contributed by atoms with Crippen molar-refractivity contribution in [2.24, 2.45) is 11.7 Å². The van der Waals surface area contributed by atoms with Crippen molar-refractivity contribution < 1.29 is 9.59 Å². The summed E-state index contributed by atoms with van der Waals surface area (Å²) in [4.78, 5) is 28.5. The average Bonchev–Trinajstić information content (AvgIpc) is 3.98. The van der Waals surface area contributed by atoms with Gasteiger partial charge in [-0.15, -0.1) is 0 Å². The number of carbonyl (C=O) groups excluding carboxylic acids is 2. The second-order valence-corrected chi connectivity index (χ2v) is 13.3. The van der Waals surface area contributed by atoms with Crippen molar-refractivity contribution in [3.8, 4) is 0 Å². The van der Waals surface area contributed by atoms with E-state index in [9.17, 15) is 9.59 Å². The lowest BCUT2D eigenvalue weighted by atomic mass is 10.1. The maximum absolute atomic E-state index is 12.6. The van der Waals surface area contributed by atoms with Crippen LogP contribution in [0.3, 0.4) is 0 Å². The first-order valence-electron chi connectivity index (χ1n) is 16.6. The third-order valence-corrected chi connectivity index (χ3v) is 9.39. The third-order valence-electron chi connectivity index (χ3n) is 9.39. The van der Waals surface area contributed by atoms with Crippen molar-refractivity contribution in [3.63, 3.8) is 0 Å². The number of nitrogens with two attached hydrogens (primary N) is 1. The Kier molecular flexibility index (Phi) is 9.96. The van der Waals surface area contributed by atoms with Crippen molar-refractivity contribution in [1.29, 1.82) is 0 Å². The highest BCUT2D eigenvalue weighted by molar-refractivity contribution is 5.94. The van der Waals surface area contributed by atoms with Gasteiger partial charge in [-0.05, 0) is 84.7 Å². The zero-order valence-corrected chi connectivity index (χ0v) is 27.0. The monoisotopic (exact) mass is 614 g/mol. The number of rotatable bonds is 11. The van der Waals surface area contributed by atoms with Gasteiger partial charge in [0.15, 0.2) is 0 Å². The smallest absolute Gasteiger partial charge is 0.253 e. The highest BCUT2D eigenvalue weighted by Gasteiger charge is 2.39. The van der Waals surface area contributed by atoms with E-state index in [1.54, 1.807) is 9.80 Å². The van der Waals surface area contributed by atoms with Crippen LogP contribution in [0.25, 0.3) is 0 Å². The number of nitrogens with one attached hydrogen (secondary N) is 1. The van der Waals surface area contributed by atoms with Crippen LogP contribution < -0.4 is 11.1 Å². The number of carbonyl (C=O) groups is 2. The van der Waals surface area contributed by atoms with Crippen LogP contribution in [0.15, 0.2) is 109 Å². The molecule has 0 heterocycles.